The highest BCUT2D eigenvalue weighted by Gasteiger charge is 2.41. The molecule has 2 atom stereocenters. The molecule has 0 amide bonds. The van der Waals surface area contributed by atoms with E-state index in [2.05, 4.69) is 19.2 Å². The molecule has 0 saturated heterocycles. The van der Waals surface area contributed by atoms with Crippen LogP contribution < -0.4 is 5.32 Å². The van der Waals surface area contributed by atoms with E-state index in [9.17, 15) is 0 Å². The van der Waals surface area contributed by atoms with Gasteiger partial charge in [0.15, 0.2) is 0 Å². The topological polar surface area (TPSA) is 30.5 Å². The van der Waals surface area contributed by atoms with Crippen molar-refractivity contribution in [1.29, 1.82) is 0 Å². The first kappa shape index (κ1) is 17.9. The molecule has 0 aromatic heterocycles. The van der Waals surface area contributed by atoms with Gasteiger partial charge in [0.25, 0.3) is 0 Å². The van der Waals surface area contributed by atoms with E-state index in [4.69, 9.17) is 9.47 Å². The van der Waals surface area contributed by atoms with Crippen molar-refractivity contribution in [3.05, 3.63) is 0 Å². The van der Waals surface area contributed by atoms with Crippen LogP contribution in [0.2, 0.25) is 0 Å². The fraction of sp³-hybridized carbons (Fsp3) is 1.00. The first-order valence-corrected chi connectivity index (χ1v) is 8.47. The SMILES string of the molecule is CCCNC(C(C)CCOC)C1(OC)CCCCCC1. The third-order valence-electron chi connectivity index (χ3n) is 4.88. The Morgan fingerprint density at radius 3 is 2.25 bits per heavy atom. The second-order valence-corrected chi connectivity index (χ2v) is 6.37. The summed E-state index contributed by atoms with van der Waals surface area (Å²) in [5.41, 5.74) is 0.0266. The zero-order valence-corrected chi connectivity index (χ0v) is 14.0. The summed E-state index contributed by atoms with van der Waals surface area (Å²) in [7, 11) is 3.70. The molecule has 0 aromatic carbocycles. The standard InChI is InChI=1S/C17H35NO2/c1-5-13-18-16(15(2)10-14-19-3)17(20-4)11-8-6-7-9-12-17/h15-16,18H,5-14H2,1-4H3. The molecule has 3 heteroatoms. The van der Waals surface area contributed by atoms with Gasteiger partial charge in [-0.05, 0) is 38.1 Å². The van der Waals surface area contributed by atoms with Crippen LogP contribution in [0, 0.1) is 5.92 Å². The van der Waals surface area contributed by atoms with Crippen LogP contribution in [0.5, 0.6) is 0 Å². The van der Waals surface area contributed by atoms with Gasteiger partial charge in [-0.2, -0.15) is 0 Å². The number of nitrogens with one attached hydrogen (secondary N) is 1. The second-order valence-electron chi connectivity index (χ2n) is 6.37. The molecular weight excluding hydrogens is 250 g/mol. The maximum absolute atomic E-state index is 6.12. The predicted octanol–water partition coefficient (Wildman–Crippen LogP) is 3.77. The monoisotopic (exact) mass is 285 g/mol. The summed E-state index contributed by atoms with van der Waals surface area (Å²) in [5, 5.41) is 3.79. The molecule has 0 heterocycles. The maximum atomic E-state index is 6.12. The normalized spacial score (nSPS) is 22.2. The Morgan fingerprint density at radius 1 is 1.10 bits per heavy atom. The smallest absolute Gasteiger partial charge is 0.0833 e. The van der Waals surface area contributed by atoms with Crippen LogP contribution in [0.1, 0.15) is 65.2 Å². The van der Waals surface area contributed by atoms with Crippen LogP contribution in [-0.4, -0.2) is 39.0 Å². The Hall–Kier alpha value is -0.120. The minimum absolute atomic E-state index is 0.0266. The molecule has 0 spiro atoms. The van der Waals surface area contributed by atoms with Crippen molar-refractivity contribution in [1.82, 2.24) is 5.32 Å². The maximum Gasteiger partial charge on any atom is 0.0833 e. The van der Waals surface area contributed by atoms with E-state index < -0.39 is 0 Å². The lowest BCUT2D eigenvalue weighted by atomic mass is 9.78. The summed E-state index contributed by atoms with van der Waals surface area (Å²) in [6.07, 6.45) is 9.99. The molecule has 1 aliphatic carbocycles. The third-order valence-corrected chi connectivity index (χ3v) is 4.88. The van der Waals surface area contributed by atoms with E-state index in [-0.39, 0.29) is 5.60 Å². The minimum atomic E-state index is 0.0266. The highest BCUT2D eigenvalue weighted by atomic mass is 16.5. The van der Waals surface area contributed by atoms with E-state index in [0.29, 0.717) is 12.0 Å². The van der Waals surface area contributed by atoms with Gasteiger partial charge in [-0.3, -0.25) is 0 Å². The Bertz CT molecular complexity index is 237. The number of hydrogen-bond acceptors (Lipinski definition) is 3. The van der Waals surface area contributed by atoms with Gasteiger partial charge >= 0.3 is 0 Å². The van der Waals surface area contributed by atoms with Crippen LogP contribution in [0.25, 0.3) is 0 Å². The minimum Gasteiger partial charge on any atom is -0.385 e. The third kappa shape index (κ3) is 5.01. The van der Waals surface area contributed by atoms with Crippen LogP contribution in [0.3, 0.4) is 0 Å². The highest BCUT2D eigenvalue weighted by molar-refractivity contribution is 4.97. The first-order chi connectivity index (χ1) is 9.70. The van der Waals surface area contributed by atoms with Crippen molar-refractivity contribution in [3.63, 3.8) is 0 Å². The van der Waals surface area contributed by atoms with E-state index in [1.54, 1.807) is 7.11 Å². The van der Waals surface area contributed by atoms with Crippen LogP contribution in [-0.2, 0) is 9.47 Å². The van der Waals surface area contributed by atoms with Crippen molar-refractivity contribution < 1.29 is 9.47 Å². The van der Waals surface area contributed by atoms with Gasteiger partial charge < -0.3 is 14.8 Å². The van der Waals surface area contributed by atoms with Gasteiger partial charge in [-0.15, -0.1) is 0 Å². The summed E-state index contributed by atoms with van der Waals surface area (Å²) < 4.78 is 11.4. The van der Waals surface area contributed by atoms with Crippen LogP contribution >= 0.6 is 0 Å². The van der Waals surface area contributed by atoms with E-state index in [1.165, 1.54) is 44.9 Å². The van der Waals surface area contributed by atoms with Gasteiger partial charge in [0.1, 0.15) is 0 Å². The zero-order valence-electron chi connectivity index (χ0n) is 14.0. The van der Waals surface area contributed by atoms with Crippen molar-refractivity contribution in [2.45, 2.75) is 76.9 Å². The van der Waals surface area contributed by atoms with E-state index >= 15 is 0 Å². The molecule has 0 bridgehead atoms. The number of ether oxygens (including phenoxy) is 2. The van der Waals surface area contributed by atoms with Crippen molar-refractivity contribution >= 4 is 0 Å². The molecule has 0 aliphatic heterocycles. The van der Waals surface area contributed by atoms with Gasteiger partial charge in [-0.1, -0.05) is 39.5 Å². The predicted molar refractivity (Wildman–Crippen MR) is 85.2 cm³/mol. The summed E-state index contributed by atoms with van der Waals surface area (Å²) in [6.45, 7) is 6.49. The molecule has 0 radical (unpaired) electrons. The zero-order chi connectivity index (χ0) is 14.8. The number of hydrogen-bond donors (Lipinski definition) is 1. The van der Waals surface area contributed by atoms with Crippen LogP contribution in [0.4, 0.5) is 0 Å². The van der Waals surface area contributed by atoms with Crippen LogP contribution in [0.15, 0.2) is 0 Å². The molecule has 1 saturated carbocycles. The van der Waals surface area contributed by atoms with Gasteiger partial charge in [0.05, 0.1) is 5.60 Å². The largest absolute Gasteiger partial charge is 0.385 e. The lowest BCUT2D eigenvalue weighted by molar-refractivity contribution is -0.0685. The molecule has 120 valence electrons. The Labute approximate surface area is 125 Å². The van der Waals surface area contributed by atoms with Crippen molar-refractivity contribution in [2.24, 2.45) is 5.92 Å². The quantitative estimate of drug-likeness (QED) is 0.654. The Morgan fingerprint density at radius 2 is 1.75 bits per heavy atom. The second kappa shape index (κ2) is 9.75. The lowest BCUT2D eigenvalue weighted by Crippen LogP contribution is -2.55. The molecule has 1 rings (SSSR count). The van der Waals surface area contributed by atoms with Crippen molar-refractivity contribution in [2.75, 3.05) is 27.4 Å². The summed E-state index contributed by atoms with van der Waals surface area (Å²) in [6, 6.07) is 0.445. The first-order valence-electron chi connectivity index (χ1n) is 8.47. The molecule has 20 heavy (non-hydrogen) atoms. The molecule has 3 nitrogen and oxygen atoms in total. The lowest BCUT2D eigenvalue weighted by Gasteiger charge is -2.43. The Kier molecular flexibility index (Phi) is 8.74. The average Bonchev–Trinajstić information content (AvgIpc) is 2.72. The summed E-state index contributed by atoms with van der Waals surface area (Å²) in [4.78, 5) is 0. The fourth-order valence-corrected chi connectivity index (χ4v) is 3.65. The van der Waals surface area contributed by atoms with Gasteiger partial charge in [-0.25, -0.2) is 0 Å². The summed E-state index contributed by atoms with van der Waals surface area (Å²) >= 11 is 0. The fourth-order valence-electron chi connectivity index (χ4n) is 3.65. The average molecular weight is 285 g/mol. The van der Waals surface area contributed by atoms with Gasteiger partial charge in [0.2, 0.25) is 0 Å². The van der Waals surface area contributed by atoms with Crippen molar-refractivity contribution in [3.8, 4) is 0 Å². The molecule has 1 fully saturated rings. The number of rotatable bonds is 9. The summed E-state index contributed by atoms with van der Waals surface area (Å²) in [5.74, 6) is 0.583. The van der Waals surface area contributed by atoms with Gasteiger partial charge in [0, 0.05) is 26.9 Å². The van der Waals surface area contributed by atoms with E-state index in [1.807, 2.05) is 7.11 Å². The number of methoxy groups -OCH3 is 2. The Balaban J connectivity index is 2.79. The molecule has 2 unspecified atom stereocenters. The van der Waals surface area contributed by atoms with E-state index in [0.717, 1.165) is 19.6 Å². The highest BCUT2D eigenvalue weighted by Crippen LogP contribution is 2.36. The molecule has 1 aliphatic rings. The molecule has 0 aromatic rings. The molecule has 1 N–H and O–H groups in total. The molecular formula is C17H35NO2.